The maximum absolute atomic E-state index is 12.8. The van der Waals surface area contributed by atoms with E-state index in [1.807, 2.05) is 4.90 Å². The summed E-state index contributed by atoms with van der Waals surface area (Å²) in [6, 6.07) is 4.77. The molecule has 2 atom stereocenters. The first-order valence-electron chi connectivity index (χ1n) is 7.16. The number of rotatable bonds is 2. The highest BCUT2D eigenvalue weighted by atomic mass is 35.5. The number of halogens is 1. The minimum absolute atomic E-state index is 0. The lowest BCUT2D eigenvalue weighted by molar-refractivity contribution is -0.383. The standard InChI is InChI=1S/C14H18N4O3.ClH/c15-13-11(2-1-3-12(13)18(20)21)14(19)17-9-4-5-10(17)8-16-7-6-9;/h1-3,9-10,16H,4-8,15H2;1H. The van der Waals surface area contributed by atoms with Gasteiger partial charge in [-0.25, -0.2) is 0 Å². The summed E-state index contributed by atoms with van der Waals surface area (Å²) in [6.07, 6.45) is 2.88. The van der Waals surface area contributed by atoms with Crippen LogP contribution in [-0.2, 0) is 0 Å². The van der Waals surface area contributed by atoms with E-state index in [4.69, 9.17) is 5.73 Å². The minimum atomic E-state index is -0.551. The predicted molar refractivity (Wildman–Crippen MR) is 85.2 cm³/mol. The maximum atomic E-state index is 12.8. The summed E-state index contributed by atoms with van der Waals surface area (Å²) in [5.41, 5.74) is 5.83. The second-order valence-corrected chi connectivity index (χ2v) is 5.59. The summed E-state index contributed by atoms with van der Waals surface area (Å²) < 4.78 is 0. The Balaban J connectivity index is 0.00000176. The fourth-order valence-corrected chi connectivity index (χ4v) is 3.35. The third kappa shape index (κ3) is 2.74. The van der Waals surface area contributed by atoms with Crippen molar-refractivity contribution in [2.24, 2.45) is 0 Å². The van der Waals surface area contributed by atoms with Crippen molar-refractivity contribution in [1.29, 1.82) is 0 Å². The van der Waals surface area contributed by atoms with Gasteiger partial charge in [-0.05, 0) is 31.9 Å². The van der Waals surface area contributed by atoms with Gasteiger partial charge in [-0.1, -0.05) is 6.07 Å². The van der Waals surface area contributed by atoms with Crippen LogP contribution in [0.4, 0.5) is 11.4 Å². The van der Waals surface area contributed by atoms with E-state index in [0.29, 0.717) is 0 Å². The molecular weight excluding hydrogens is 308 g/mol. The average Bonchev–Trinajstić information content (AvgIpc) is 2.71. The number of nitrogens with one attached hydrogen (secondary N) is 1. The van der Waals surface area contributed by atoms with Gasteiger partial charge in [-0.15, -0.1) is 12.4 Å². The molecular formula is C14H19ClN4O3. The van der Waals surface area contributed by atoms with Crippen molar-refractivity contribution in [1.82, 2.24) is 10.2 Å². The van der Waals surface area contributed by atoms with Crippen LogP contribution in [0.2, 0.25) is 0 Å². The summed E-state index contributed by atoms with van der Waals surface area (Å²) in [5.74, 6) is -0.188. The lowest BCUT2D eigenvalue weighted by Gasteiger charge is -2.28. The van der Waals surface area contributed by atoms with Gasteiger partial charge in [0.2, 0.25) is 0 Å². The van der Waals surface area contributed by atoms with Gasteiger partial charge in [0.05, 0.1) is 10.5 Å². The van der Waals surface area contributed by atoms with Gasteiger partial charge in [0.1, 0.15) is 5.69 Å². The first-order chi connectivity index (χ1) is 10.1. The SMILES string of the molecule is Cl.Nc1c(C(=O)N2C3CCNCC2CC3)cccc1[N+](=O)[O-]. The van der Waals surface area contributed by atoms with Crippen LogP contribution in [0, 0.1) is 10.1 Å². The molecule has 3 N–H and O–H groups in total. The number of benzene rings is 1. The first-order valence-corrected chi connectivity index (χ1v) is 7.16. The van der Waals surface area contributed by atoms with Crippen molar-refractivity contribution in [3.63, 3.8) is 0 Å². The fourth-order valence-electron chi connectivity index (χ4n) is 3.35. The average molecular weight is 327 g/mol. The number of amides is 1. The minimum Gasteiger partial charge on any atom is -0.393 e. The van der Waals surface area contributed by atoms with Crippen molar-refractivity contribution in [2.75, 3.05) is 18.8 Å². The number of nitrogen functional groups attached to an aromatic ring is 1. The molecule has 2 fully saturated rings. The van der Waals surface area contributed by atoms with Crippen molar-refractivity contribution >= 4 is 29.7 Å². The zero-order valence-electron chi connectivity index (χ0n) is 12.0. The van der Waals surface area contributed by atoms with E-state index in [2.05, 4.69) is 5.32 Å². The highest BCUT2D eigenvalue weighted by Gasteiger charge is 2.39. The highest BCUT2D eigenvalue weighted by molar-refractivity contribution is 6.01. The van der Waals surface area contributed by atoms with E-state index in [1.165, 1.54) is 12.1 Å². The number of nitrogens with two attached hydrogens (primary N) is 1. The Morgan fingerprint density at radius 1 is 1.32 bits per heavy atom. The summed E-state index contributed by atoms with van der Waals surface area (Å²) in [7, 11) is 0. The number of nitro benzene ring substituents is 1. The number of nitro groups is 1. The van der Waals surface area contributed by atoms with Crippen LogP contribution in [-0.4, -0.2) is 40.9 Å². The number of para-hydroxylation sites is 1. The second-order valence-electron chi connectivity index (χ2n) is 5.59. The van der Waals surface area contributed by atoms with Gasteiger partial charge in [-0.3, -0.25) is 14.9 Å². The van der Waals surface area contributed by atoms with Crippen LogP contribution in [0.5, 0.6) is 0 Å². The Hall–Kier alpha value is -1.86. The van der Waals surface area contributed by atoms with Crippen LogP contribution in [0.15, 0.2) is 18.2 Å². The van der Waals surface area contributed by atoms with E-state index in [1.54, 1.807) is 6.07 Å². The maximum Gasteiger partial charge on any atom is 0.292 e. The summed E-state index contributed by atoms with van der Waals surface area (Å²) >= 11 is 0. The third-order valence-corrected chi connectivity index (χ3v) is 4.40. The largest absolute Gasteiger partial charge is 0.393 e. The van der Waals surface area contributed by atoms with Crippen LogP contribution in [0.25, 0.3) is 0 Å². The Labute approximate surface area is 134 Å². The molecule has 3 rings (SSSR count). The normalized spacial score (nSPS) is 23.5. The van der Waals surface area contributed by atoms with Crippen molar-refractivity contribution in [3.05, 3.63) is 33.9 Å². The Morgan fingerprint density at radius 2 is 2.05 bits per heavy atom. The molecule has 2 unspecified atom stereocenters. The van der Waals surface area contributed by atoms with Crippen LogP contribution in [0.3, 0.4) is 0 Å². The monoisotopic (exact) mass is 326 g/mol. The zero-order valence-corrected chi connectivity index (χ0v) is 12.8. The summed E-state index contributed by atoms with van der Waals surface area (Å²) in [5, 5.41) is 14.3. The Bertz CT molecular complexity index is 581. The molecule has 2 bridgehead atoms. The van der Waals surface area contributed by atoms with E-state index >= 15 is 0 Å². The van der Waals surface area contributed by atoms with E-state index in [-0.39, 0.29) is 47.3 Å². The molecule has 0 saturated carbocycles. The fraction of sp³-hybridized carbons (Fsp3) is 0.500. The molecule has 7 nitrogen and oxygen atoms in total. The van der Waals surface area contributed by atoms with E-state index in [0.717, 1.165) is 32.4 Å². The van der Waals surface area contributed by atoms with E-state index in [9.17, 15) is 14.9 Å². The third-order valence-electron chi connectivity index (χ3n) is 4.40. The molecule has 1 amide bonds. The van der Waals surface area contributed by atoms with Gasteiger partial charge >= 0.3 is 0 Å². The number of hydrogen-bond donors (Lipinski definition) is 2. The molecule has 2 aliphatic rings. The molecule has 1 aromatic carbocycles. The van der Waals surface area contributed by atoms with Crippen LogP contribution < -0.4 is 11.1 Å². The molecule has 2 saturated heterocycles. The first kappa shape index (κ1) is 16.5. The lowest BCUT2D eigenvalue weighted by Crippen LogP contribution is -2.42. The van der Waals surface area contributed by atoms with Crippen molar-refractivity contribution in [3.8, 4) is 0 Å². The number of carbonyl (C=O) groups excluding carboxylic acids is 1. The summed E-state index contributed by atoms with van der Waals surface area (Å²) in [4.78, 5) is 25.1. The van der Waals surface area contributed by atoms with Gasteiger partial charge in [-0.2, -0.15) is 0 Å². The molecule has 1 aromatic rings. The topological polar surface area (TPSA) is 102 Å². The smallest absolute Gasteiger partial charge is 0.292 e. The van der Waals surface area contributed by atoms with Crippen LogP contribution in [0.1, 0.15) is 29.6 Å². The van der Waals surface area contributed by atoms with Crippen molar-refractivity contribution < 1.29 is 9.72 Å². The molecule has 0 spiro atoms. The quantitative estimate of drug-likeness (QED) is 0.488. The molecule has 2 heterocycles. The van der Waals surface area contributed by atoms with Gasteiger partial charge < -0.3 is 16.0 Å². The van der Waals surface area contributed by atoms with Crippen LogP contribution >= 0.6 is 12.4 Å². The predicted octanol–water partition coefficient (Wildman–Crippen LogP) is 1.57. The molecule has 22 heavy (non-hydrogen) atoms. The highest BCUT2D eigenvalue weighted by Crippen LogP contribution is 2.32. The summed E-state index contributed by atoms with van der Waals surface area (Å²) in [6.45, 7) is 1.67. The van der Waals surface area contributed by atoms with Gasteiger partial charge in [0.25, 0.3) is 11.6 Å². The number of nitrogens with zero attached hydrogens (tertiary/aromatic N) is 2. The Morgan fingerprint density at radius 3 is 2.77 bits per heavy atom. The zero-order chi connectivity index (χ0) is 15.0. The van der Waals surface area contributed by atoms with E-state index < -0.39 is 4.92 Å². The molecule has 2 aliphatic heterocycles. The number of fused-ring (bicyclic) bond motifs is 2. The molecule has 0 radical (unpaired) electrons. The lowest BCUT2D eigenvalue weighted by atomic mass is 10.1. The van der Waals surface area contributed by atoms with Crippen molar-refractivity contribution in [2.45, 2.75) is 31.3 Å². The van der Waals surface area contributed by atoms with Gasteiger partial charge in [0.15, 0.2) is 0 Å². The molecule has 0 aromatic heterocycles. The second kappa shape index (κ2) is 6.50. The molecule has 120 valence electrons. The number of hydrogen-bond acceptors (Lipinski definition) is 5. The number of anilines is 1. The molecule has 8 heteroatoms. The Kier molecular flexibility index (Phi) is 4.87. The van der Waals surface area contributed by atoms with Gasteiger partial charge in [0, 0.05) is 24.7 Å². The number of carbonyl (C=O) groups is 1. The molecule has 0 aliphatic carbocycles.